The second kappa shape index (κ2) is 17.9. The molecule has 3 atom stereocenters. The number of methoxy groups -OCH3 is 1. The van der Waals surface area contributed by atoms with Crippen molar-refractivity contribution in [1.82, 2.24) is 24.8 Å². The van der Waals surface area contributed by atoms with Crippen LogP contribution in [0, 0.1) is 11.8 Å². The van der Waals surface area contributed by atoms with E-state index in [-0.39, 0.29) is 43.1 Å². The molecule has 0 aliphatic carbocycles. The SMILES string of the molecule is COCOC1C[C@H](n2cc(C#CCOCSSC(C)(C)CNC(=O)C(F)(F)F)c3c(/N=C/N(C)C)ncnc32)O[C@@H]1CO[Si](C)(C)C(C)(C)C. The number of amides is 1. The van der Waals surface area contributed by atoms with E-state index < -0.39 is 31.4 Å². The lowest BCUT2D eigenvalue weighted by Gasteiger charge is -2.37. The molecule has 1 saturated heterocycles. The molecule has 0 spiro atoms. The van der Waals surface area contributed by atoms with Gasteiger partial charge in [-0.3, -0.25) is 4.79 Å². The first-order valence-electron chi connectivity index (χ1n) is 15.9. The van der Waals surface area contributed by atoms with Crippen molar-refractivity contribution in [2.24, 2.45) is 4.99 Å². The van der Waals surface area contributed by atoms with Crippen LogP contribution in [-0.2, 0) is 28.2 Å². The predicted molar refractivity (Wildman–Crippen MR) is 194 cm³/mol. The highest BCUT2D eigenvalue weighted by atomic mass is 33.1. The Kier molecular flexibility index (Phi) is 15.1. The number of carbonyl (C=O) groups excluding carboxylic acids is 1. The lowest BCUT2D eigenvalue weighted by molar-refractivity contribution is -0.173. The number of nitrogens with zero attached hydrogens (tertiary/aromatic N) is 5. The molecule has 1 unspecified atom stereocenters. The quantitative estimate of drug-likeness (QED) is 0.0406. The summed E-state index contributed by atoms with van der Waals surface area (Å²) in [7, 11) is 5.87. The molecule has 50 heavy (non-hydrogen) atoms. The van der Waals surface area contributed by atoms with E-state index in [9.17, 15) is 18.0 Å². The minimum atomic E-state index is -4.92. The Balaban J connectivity index is 1.77. The van der Waals surface area contributed by atoms with Gasteiger partial charge in [-0.05, 0) is 32.0 Å². The van der Waals surface area contributed by atoms with Crippen LogP contribution < -0.4 is 5.32 Å². The number of nitrogens with one attached hydrogen (secondary N) is 1. The molecule has 0 bridgehead atoms. The van der Waals surface area contributed by atoms with Crippen LogP contribution in [0.25, 0.3) is 11.0 Å². The maximum atomic E-state index is 12.5. The number of halogens is 3. The van der Waals surface area contributed by atoms with Crippen LogP contribution in [0.4, 0.5) is 19.0 Å². The molecule has 0 radical (unpaired) electrons. The number of aromatic nitrogens is 3. The number of fused-ring (bicyclic) bond motifs is 1. The molecule has 1 aliphatic rings. The Bertz CT molecular complexity index is 1520. The third-order valence-corrected chi connectivity index (χ3v) is 15.5. The van der Waals surface area contributed by atoms with Crippen molar-refractivity contribution in [2.75, 3.05) is 53.7 Å². The Morgan fingerprint density at radius 2 is 1.96 bits per heavy atom. The lowest BCUT2D eigenvalue weighted by atomic mass is 10.2. The molecule has 1 N–H and O–H groups in total. The number of rotatable bonds is 16. The molecule has 2 aromatic rings. The molecule has 3 heterocycles. The van der Waals surface area contributed by atoms with Gasteiger partial charge < -0.3 is 38.2 Å². The largest absolute Gasteiger partial charge is 0.471 e. The van der Waals surface area contributed by atoms with E-state index in [4.69, 9.17) is 23.4 Å². The maximum absolute atomic E-state index is 12.5. The van der Waals surface area contributed by atoms with E-state index >= 15 is 0 Å². The summed E-state index contributed by atoms with van der Waals surface area (Å²) in [6.45, 7) is 14.9. The number of hydrogen-bond donors (Lipinski definition) is 1. The number of hydrogen-bond acceptors (Lipinski definition) is 11. The Morgan fingerprint density at radius 1 is 1.24 bits per heavy atom. The minimum Gasteiger partial charge on any atom is -0.414 e. The molecule has 3 rings (SSSR count). The molecule has 1 fully saturated rings. The second-order valence-electron chi connectivity index (χ2n) is 14.0. The van der Waals surface area contributed by atoms with Crippen molar-refractivity contribution in [1.29, 1.82) is 0 Å². The van der Waals surface area contributed by atoms with Crippen LogP contribution in [0.3, 0.4) is 0 Å². The highest BCUT2D eigenvalue weighted by Gasteiger charge is 2.43. The Labute approximate surface area is 301 Å². The normalized spacial score (nSPS) is 18.9. The molecular weight excluding hydrogens is 714 g/mol. The van der Waals surface area contributed by atoms with E-state index in [2.05, 4.69) is 60.7 Å². The Morgan fingerprint density at radius 3 is 2.60 bits per heavy atom. The van der Waals surface area contributed by atoms with Crippen LogP contribution >= 0.6 is 21.6 Å². The zero-order valence-corrected chi connectivity index (χ0v) is 33.0. The molecule has 1 aliphatic heterocycles. The number of alkyl halides is 3. The van der Waals surface area contributed by atoms with Crippen LogP contribution in [0.5, 0.6) is 0 Å². The summed E-state index contributed by atoms with van der Waals surface area (Å²) in [5, 5.41) is 2.61. The van der Waals surface area contributed by atoms with Crippen molar-refractivity contribution < 1.29 is 41.3 Å². The first-order valence-corrected chi connectivity index (χ1v) is 21.2. The summed E-state index contributed by atoms with van der Waals surface area (Å²) < 4.78 is 68.8. The number of ether oxygens (including phenoxy) is 4. The van der Waals surface area contributed by atoms with Crippen LogP contribution in [-0.4, -0.2) is 117 Å². The topological polar surface area (TPSA) is 122 Å². The standard InChI is InChI=1S/C32H49F3N6O6S2Si/c1-30(2,3)50(9,10)46-16-24-23(45-20-43-8)14-25(47-24)41-15-22(26-27(39-19-40(6)7)37-18-38-28(26)41)12-11-13-44-21-48-49-31(4,5)17-36-29(42)32(33,34)35/h15,18-19,23-25H,13-14,16-17,20-21H2,1-10H3,(H,36,42)/b39-19+/t23?,24-,25-/m1/s1. The predicted octanol–water partition coefficient (Wildman–Crippen LogP) is 6.12. The van der Waals surface area contributed by atoms with Gasteiger partial charge in [-0.1, -0.05) is 54.2 Å². The zero-order valence-electron chi connectivity index (χ0n) is 30.3. The molecule has 280 valence electrons. The van der Waals surface area contributed by atoms with Crippen molar-refractivity contribution in [2.45, 2.75) is 88.5 Å². The molecule has 1 amide bonds. The third kappa shape index (κ3) is 12.1. The van der Waals surface area contributed by atoms with Crippen LogP contribution in [0.1, 0.15) is 52.8 Å². The summed E-state index contributed by atoms with van der Waals surface area (Å²) in [4.78, 5) is 26.5. The maximum Gasteiger partial charge on any atom is 0.471 e. The molecule has 18 heteroatoms. The lowest BCUT2D eigenvalue weighted by Crippen LogP contribution is -2.44. The van der Waals surface area contributed by atoms with E-state index in [0.29, 0.717) is 35.4 Å². The zero-order chi connectivity index (χ0) is 37.3. The van der Waals surface area contributed by atoms with Crippen molar-refractivity contribution >= 4 is 59.0 Å². The minimum absolute atomic E-state index is 0.0368. The van der Waals surface area contributed by atoms with Gasteiger partial charge in [0.15, 0.2) is 14.1 Å². The fraction of sp³-hybridized carbons (Fsp3) is 0.688. The highest BCUT2D eigenvalue weighted by molar-refractivity contribution is 8.77. The van der Waals surface area contributed by atoms with Gasteiger partial charge in [0.2, 0.25) is 0 Å². The van der Waals surface area contributed by atoms with Gasteiger partial charge in [-0.15, -0.1) is 0 Å². The van der Waals surface area contributed by atoms with Gasteiger partial charge >= 0.3 is 12.1 Å². The van der Waals surface area contributed by atoms with Crippen molar-refractivity contribution in [3.05, 3.63) is 18.1 Å². The second-order valence-corrected chi connectivity index (χ2v) is 21.8. The van der Waals surface area contributed by atoms with E-state index in [0.717, 1.165) is 0 Å². The highest BCUT2D eigenvalue weighted by Crippen LogP contribution is 2.40. The molecular formula is C32H49F3N6O6S2Si. The molecule has 0 aromatic carbocycles. The summed E-state index contributed by atoms with van der Waals surface area (Å²) in [6.07, 6.45) is -0.451. The van der Waals surface area contributed by atoms with Crippen LogP contribution in [0.15, 0.2) is 17.5 Å². The van der Waals surface area contributed by atoms with Gasteiger partial charge in [-0.2, -0.15) is 13.2 Å². The van der Waals surface area contributed by atoms with Gasteiger partial charge in [0.1, 0.15) is 43.6 Å². The first kappa shape index (κ1) is 42.0. The van der Waals surface area contributed by atoms with E-state index in [1.54, 1.807) is 32.2 Å². The third-order valence-electron chi connectivity index (χ3n) is 8.05. The number of carbonyl (C=O) groups is 1. The molecule has 2 aromatic heterocycles. The summed E-state index contributed by atoms with van der Waals surface area (Å²) in [5.74, 6) is 4.93. The average Bonchev–Trinajstić information content (AvgIpc) is 3.60. The van der Waals surface area contributed by atoms with Crippen LogP contribution in [0.2, 0.25) is 18.1 Å². The number of aliphatic imine (C=N–C) groups is 1. The summed E-state index contributed by atoms with van der Waals surface area (Å²) in [5.41, 5.74) is 1.24. The summed E-state index contributed by atoms with van der Waals surface area (Å²) >= 11 is 0. The van der Waals surface area contributed by atoms with Gasteiger partial charge in [0.25, 0.3) is 0 Å². The van der Waals surface area contributed by atoms with Gasteiger partial charge in [0, 0.05) is 45.1 Å². The summed E-state index contributed by atoms with van der Waals surface area (Å²) in [6, 6.07) is 0. The average molecular weight is 763 g/mol. The monoisotopic (exact) mass is 762 g/mol. The van der Waals surface area contributed by atoms with E-state index in [1.807, 2.05) is 30.2 Å². The van der Waals surface area contributed by atoms with E-state index in [1.165, 1.54) is 27.9 Å². The van der Waals surface area contributed by atoms with Gasteiger partial charge in [0.05, 0.1) is 30.0 Å². The first-order chi connectivity index (χ1) is 23.3. The fourth-order valence-corrected chi connectivity index (χ4v) is 7.52. The smallest absolute Gasteiger partial charge is 0.414 e. The molecule has 0 saturated carbocycles. The fourth-order valence-electron chi connectivity index (χ4n) is 4.37. The van der Waals surface area contributed by atoms with Gasteiger partial charge in [-0.25, -0.2) is 15.0 Å². The Hall–Kier alpha value is -2.37. The van der Waals surface area contributed by atoms with Crippen molar-refractivity contribution in [3.8, 4) is 11.8 Å². The van der Waals surface area contributed by atoms with Crippen molar-refractivity contribution in [3.63, 3.8) is 0 Å². The molecule has 12 nitrogen and oxygen atoms in total.